The van der Waals surface area contributed by atoms with Gasteiger partial charge in [-0.3, -0.25) is 10.1 Å². The molecule has 0 saturated carbocycles. The van der Waals surface area contributed by atoms with E-state index in [1.54, 1.807) is 18.2 Å². The lowest BCUT2D eigenvalue weighted by Crippen LogP contribution is -2.40. The van der Waals surface area contributed by atoms with Crippen molar-refractivity contribution in [1.29, 1.82) is 0 Å². The van der Waals surface area contributed by atoms with Crippen molar-refractivity contribution in [3.8, 4) is 0 Å². The van der Waals surface area contributed by atoms with Gasteiger partial charge in [0.15, 0.2) is 0 Å². The van der Waals surface area contributed by atoms with Crippen molar-refractivity contribution >= 4 is 21.6 Å². The highest BCUT2D eigenvalue weighted by molar-refractivity contribution is 8.01. The molecule has 0 aliphatic rings. The Morgan fingerprint density at radius 3 is 1.86 bits per heavy atom. The zero-order valence-electron chi connectivity index (χ0n) is 14.9. The number of sulfone groups is 1. The molecule has 0 aromatic heterocycles. The molecule has 0 fully saturated rings. The van der Waals surface area contributed by atoms with Crippen LogP contribution >= 0.6 is 11.8 Å². The van der Waals surface area contributed by atoms with E-state index in [4.69, 9.17) is 0 Å². The predicted octanol–water partition coefficient (Wildman–Crippen LogP) is 4.47. The summed E-state index contributed by atoms with van der Waals surface area (Å²) < 4.78 is 26.3. The molecule has 0 radical (unpaired) electrons. The van der Waals surface area contributed by atoms with E-state index in [0.29, 0.717) is 0 Å². The topological polar surface area (TPSA) is 77.3 Å². The molecule has 0 aliphatic heterocycles. The van der Waals surface area contributed by atoms with Crippen LogP contribution in [0, 0.1) is 10.1 Å². The molecule has 0 spiro atoms. The van der Waals surface area contributed by atoms with E-state index >= 15 is 0 Å². The van der Waals surface area contributed by atoms with E-state index in [2.05, 4.69) is 0 Å². The highest BCUT2D eigenvalue weighted by atomic mass is 32.2. The predicted molar refractivity (Wildman–Crippen MR) is 111 cm³/mol. The summed E-state index contributed by atoms with van der Waals surface area (Å²) in [5.41, 5.74) is 0.853. The summed E-state index contributed by atoms with van der Waals surface area (Å²) in [5, 5.41) is 9.40. The molecule has 0 heterocycles. The second kappa shape index (κ2) is 9.03. The Morgan fingerprint density at radius 2 is 1.32 bits per heavy atom. The zero-order valence-corrected chi connectivity index (χ0v) is 16.6. The highest BCUT2D eigenvalue weighted by Crippen LogP contribution is 2.33. The van der Waals surface area contributed by atoms with Gasteiger partial charge >= 0.3 is 5.37 Å². The van der Waals surface area contributed by atoms with Gasteiger partial charge in [-0.05, 0) is 36.2 Å². The average Bonchev–Trinajstić information content (AvgIpc) is 2.70. The fraction of sp³-hybridized carbons (Fsp3) is 0.143. The molecule has 28 heavy (non-hydrogen) atoms. The lowest BCUT2D eigenvalue weighted by atomic mass is 10.1. The summed E-state index contributed by atoms with van der Waals surface area (Å²) >= 11 is 1.22. The van der Waals surface area contributed by atoms with Crippen molar-refractivity contribution in [2.45, 2.75) is 26.8 Å². The van der Waals surface area contributed by atoms with Crippen LogP contribution in [0.25, 0.3) is 0 Å². The van der Waals surface area contributed by atoms with Gasteiger partial charge in [-0.2, -0.15) is 0 Å². The number of hydrogen-bond acceptors (Lipinski definition) is 5. The molecule has 0 amide bonds. The minimum atomic E-state index is -4.16. The Labute approximate surface area is 168 Å². The van der Waals surface area contributed by atoms with Gasteiger partial charge < -0.3 is 0 Å². The van der Waals surface area contributed by atoms with E-state index in [9.17, 15) is 18.5 Å². The minimum Gasteiger partial charge on any atom is -0.263 e. The van der Waals surface area contributed by atoms with Crippen LogP contribution in [-0.2, 0) is 16.3 Å². The fourth-order valence-electron chi connectivity index (χ4n) is 2.92. The highest BCUT2D eigenvalue weighted by Gasteiger charge is 2.45. The quantitative estimate of drug-likeness (QED) is 0.309. The van der Waals surface area contributed by atoms with Gasteiger partial charge in [-0.25, -0.2) is 8.42 Å². The van der Waals surface area contributed by atoms with Crippen molar-refractivity contribution in [3.05, 3.63) is 107 Å². The Morgan fingerprint density at radius 1 is 0.821 bits per heavy atom. The smallest absolute Gasteiger partial charge is 0.263 e. The van der Waals surface area contributed by atoms with Crippen molar-refractivity contribution in [3.63, 3.8) is 0 Å². The van der Waals surface area contributed by atoms with Gasteiger partial charge in [0, 0.05) is 9.82 Å². The third-order valence-corrected chi connectivity index (χ3v) is 7.74. The number of rotatable bonds is 8. The monoisotopic (exact) mass is 413 g/mol. The number of hydrogen-bond donors (Lipinski definition) is 0. The first kappa shape index (κ1) is 20.1. The molecule has 144 valence electrons. The van der Waals surface area contributed by atoms with Gasteiger partial charge in [-0.15, -0.1) is 11.8 Å². The SMILES string of the molecule is O=[N+]([O-])[C@@H]([C@H](Cc1ccccc1)Sc1ccccc1)S(=O)(=O)c1ccccc1. The van der Waals surface area contributed by atoms with Crippen LogP contribution < -0.4 is 0 Å². The molecule has 2 atom stereocenters. The lowest BCUT2D eigenvalue weighted by Gasteiger charge is -2.21. The van der Waals surface area contributed by atoms with Crippen LogP contribution in [0.2, 0.25) is 0 Å². The normalized spacial score (nSPS) is 13.6. The first-order valence-corrected chi connectivity index (χ1v) is 11.1. The van der Waals surface area contributed by atoms with Crippen LogP contribution in [0.5, 0.6) is 0 Å². The van der Waals surface area contributed by atoms with Crippen LogP contribution in [0.4, 0.5) is 0 Å². The molecule has 3 aromatic rings. The van der Waals surface area contributed by atoms with Gasteiger partial charge in [0.1, 0.15) is 0 Å². The maximum atomic E-state index is 13.1. The maximum absolute atomic E-state index is 13.1. The number of thioether (sulfide) groups is 1. The summed E-state index contributed by atoms with van der Waals surface area (Å²) in [6, 6.07) is 26.0. The summed E-state index contributed by atoms with van der Waals surface area (Å²) in [4.78, 5) is 12.0. The maximum Gasteiger partial charge on any atom is 0.326 e. The Bertz CT molecular complexity index is 969. The summed E-state index contributed by atoms with van der Waals surface area (Å²) in [5.74, 6) is 0. The van der Waals surface area contributed by atoms with Crippen LogP contribution in [-0.4, -0.2) is 24.0 Å². The fourth-order valence-corrected chi connectivity index (χ4v) is 6.22. The first-order chi connectivity index (χ1) is 13.5. The lowest BCUT2D eigenvalue weighted by molar-refractivity contribution is -0.496. The Kier molecular flexibility index (Phi) is 6.49. The number of nitrogens with zero attached hydrogens (tertiary/aromatic N) is 1. The third kappa shape index (κ3) is 4.79. The van der Waals surface area contributed by atoms with Gasteiger partial charge in [0.2, 0.25) is 9.84 Å². The summed E-state index contributed by atoms with van der Waals surface area (Å²) in [6.45, 7) is 0. The molecule has 3 aromatic carbocycles. The summed E-state index contributed by atoms with van der Waals surface area (Å²) in [7, 11) is -4.16. The van der Waals surface area contributed by atoms with Gasteiger partial charge in [0.05, 0.1) is 10.1 Å². The molecule has 0 saturated heterocycles. The van der Waals surface area contributed by atoms with Crippen LogP contribution in [0.3, 0.4) is 0 Å². The number of benzene rings is 3. The molecule has 0 aliphatic carbocycles. The zero-order chi connectivity index (χ0) is 20.0. The third-order valence-electron chi connectivity index (χ3n) is 4.23. The van der Waals surface area contributed by atoms with Crippen molar-refractivity contribution in [1.82, 2.24) is 0 Å². The molecule has 0 bridgehead atoms. The number of nitro groups is 1. The molecule has 7 heteroatoms. The van der Waals surface area contributed by atoms with Crippen molar-refractivity contribution in [2.24, 2.45) is 0 Å². The van der Waals surface area contributed by atoms with Crippen LogP contribution in [0.15, 0.2) is 101 Å². The van der Waals surface area contributed by atoms with Crippen LogP contribution in [0.1, 0.15) is 5.56 Å². The van der Waals surface area contributed by atoms with Crippen molar-refractivity contribution in [2.75, 3.05) is 0 Å². The van der Waals surface area contributed by atoms with E-state index in [1.165, 1.54) is 23.9 Å². The average molecular weight is 414 g/mol. The van der Waals surface area contributed by atoms with E-state index < -0.39 is 25.4 Å². The summed E-state index contributed by atoms with van der Waals surface area (Å²) in [6.07, 6.45) is 0.262. The molecule has 5 nitrogen and oxygen atoms in total. The second-order valence-corrected chi connectivity index (χ2v) is 9.55. The van der Waals surface area contributed by atoms with E-state index in [-0.39, 0.29) is 11.3 Å². The van der Waals surface area contributed by atoms with Crippen molar-refractivity contribution < 1.29 is 13.3 Å². The molecular weight excluding hydrogens is 394 g/mol. The molecule has 0 unspecified atom stereocenters. The van der Waals surface area contributed by atoms with Gasteiger partial charge in [0.25, 0.3) is 0 Å². The minimum absolute atomic E-state index is 0.0385. The Balaban J connectivity index is 2.03. The van der Waals surface area contributed by atoms with E-state index in [1.807, 2.05) is 60.7 Å². The molecule has 3 rings (SSSR count). The van der Waals surface area contributed by atoms with Gasteiger partial charge in [-0.1, -0.05) is 66.7 Å². The molecule has 0 N–H and O–H groups in total. The second-order valence-electron chi connectivity index (χ2n) is 6.19. The largest absolute Gasteiger partial charge is 0.326 e. The first-order valence-electron chi connectivity index (χ1n) is 8.66. The Hall–Kier alpha value is -2.64. The standard InChI is InChI=1S/C21H19NO4S2/c23-22(24)21(28(25,26)19-14-8-3-9-15-19)20(16-17-10-4-1-5-11-17)27-18-12-6-2-7-13-18/h1-15,20-21H,16H2/t20-,21+/m0/s1. The van der Waals surface area contributed by atoms with E-state index in [0.717, 1.165) is 10.5 Å². The molecular formula is C21H19NO4S2.